The van der Waals surface area contributed by atoms with Crippen molar-refractivity contribution in [3.8, 4) is 0 Å². The first-order valence-corrected chi connectivity index (χ1v) is 7.72. The number of nitrogens with two attached hydrogens (primary N) is 1. The van der Waals surface area contributed by atoms with Crippen molar-refractivity contribution in [2.24, 2.45) is 5.73 Å². The highest BCUT2D eigenvalue weighted by Gasteiger charge is 2.37. The van der Waals surface area contributed by atoms with Gasteiger partial charge in [-0.2, -0.15) is 0 Å². The lowest BCUT2D eigenvalue weighted by Crippen LogP contribution is -2.50. The summed E-state index contributed by atoms with van der Waals surface area (Å²) in [6.07, 6.45) is 1.24. The lowest BCUT2D eigenvalue weighted by molar-refractivity contribution is 0.474. The molecule has 3 nitrogen and oxygen atoms in total. The van der Waals surface area contributed by atoms with Gasteiger partial charge in [0.2, 0.25) is 0 Å². The molecule has 1 rings (SSSR count). The van der Waals surface area contributed by atoms with Crippen LogP contribution in [0.15, 0.2) is 18.2 Å². The second-order valence-corrected chi connectivity index (χ2v) is 7.90. The Morgan fingerprint density at radius 2 is 2.00 bits per heavy atom. The van der Waals surface area contributed by atoms with E-state index in [1.54, 1.807) is 12.1 Å². The highest BCUT2D eigenvalue weighted by atomic mass is 35.5. The largest absolute Gasteiger partial charge is 0.326 e. The minimum Gasteiger partial charge on any atom is -0.326 e. The molecule has 2 N–H and O–H groups in total. The summed E-state index contributed by atoms with van der Waals surface area (Å²) < 4.78 is 35.9. The van der Waals surface area contributed by atoms with Crippen LogP contribution in [-0.2, 0) is 16.3 Å². The first-order chi connectivity index (χ1) is 8.07. The summed E-state index contributed by atoms with van der Waals surface area (Å²) in [6, 6.07) is 3.90. The average molecular weight is 294 g/mol. The van der Waals surface area contributed by atoms with E-state index in [0.29, 0.717) is 5.56 Å². The van der Waals surface area contributed by atoms with Gasteiger partial charge in [-0.25, -0.2) is 12.8 Å². The molecular weight excluding hydrogens is 277 g/mol. The maximum absolute atomic E-state index is 13.7. The monoisotopic (exact) mass is 293 g/mol. The topological polar surface area (TPSA) is 60.2 Å². The molecule has 0 saturated carbocycles. The van der Waals surface area contributed by atoms with Crippen molar-refractivity contribution in [2.75, 3.05) is 6.26 Å². The summed E-state index contributed by atoms with van der Waals surface area (Å²) in [5.74, 6) is -0.543. The van der Waals surface area contributed by atoms with Crippen molar-refractivity contribution in [1.82, 2.24) is 0 Å². The zero-order valence-corrected chi connectivity index (χ0v) is 12.1. The smallest absolute Gasteiger partial charge is 0.154 e. The average Bonchev–Trinajstić information content (AvgIpc) is 2.23. The van der Waals surface area contributed by atoms with Crippen molar-refractivity contribution < 1.29 is 12.8 Å². The molecule has 0 spiro atoms. The molecule has 1 unspecified atom stereocenters. The molecule has 0 amide bonds. The summed E-state index contributed by atoms with van der Waals surface area (Å²) in [5.41, 5.74) is 6.23. The van der Waals surface area contributed by atoms with E-state index in [-0.39, 0.29) is 11.4 Å². The van der Waals surface area contributed by atoms with Crippen LogP contribution in [0.25, 0.3) is 0 Å². The maximum atomic E-state index is 13.7. The van der Waals surface area contributed by atoms with Gasteiger partial charge in [-0.1, -0.05) is 23.7 Å². The summed E-state index contributed by atoms with van der Waals surface area (Å²) in [5, 5.41) is 0.0110. The zero-order chi connectivity index (χ0) is 14.1. The minimum atomic E-state index is -3.33. The molecule has 0 aromatic heterocycles. The Morgan fingerprint density at radius 3 is 2.50 bits per heavy atom. The Hall–Kier alpha value is -0.650. The van der Waals surface area contributed by atoms with Crippen molar-refractivity contribution in [2.45, 2.75) is 31.1 Å². The van der Waals surface area contributed by atoms with Crippen LogP contribution in [0.5, 0.6) is 0 Å². The van der Waals surface area contributed by atoms with Crippen LogP contribution in [0.1, 0.15) is 19.4 Å². The van der Waals surface area contributed by atoms with Crippen molar-refractivity contribution in [3.63, 3.8) is 0 Å². The summed E-state index contributed by atoms with van der Waals surface area (Å²) in [4.78, 5) is 0. The Bertz CT molecular complexity index is 543. The molecule has 0 saturated heterocycles. The number of benzene rings is 1. The molecule has 102 valence electrons. The quantitative estimate of drug-likeness (QED) is 0.925. The molecule has 0 aliphatic rings. The fourth-order valence-corrected chi connectivity index (χ4v) is 2.29. The Morgan fingerprint density at radius 1 is 1.44 bits per heavy atom. The highest BCUT2D eigenvalue weighted by molar-refractivity contribution is 7.92. The van der Waals surface area contributed by atoms with Gasteiger partial charge in [0.1, 0.15) is 5.82 Å². The standard InChI is InChI=1S/C12H17ClFNO2S/c1-12(2,18(3,16)17)10(15)7-8-5-4-6-9(13)11(8)14/h4-6,10H,7,15H2,1-3H3. The Kier molecular flexibility index (Phi) is 4.41. The highest BCUT2D eigenvalue weighted by Crippen LogP contribution is 2.24. The van der Waals surface area contributed by atoms with Crippen LogP contribution in [-0.4, -0.2) is 25.5 Å². The first kappa shape index (κ1) is 15.4. The van der Waals surface area contributed by atoms with Gasteiger partial charge < -0.3 is 5.73 Å². The third kappa shape index (κ3) is 3.02. The van der Waals surface area contributed by atoms with E-state index in [0.717, 1.165) is 6.26 Å². The molecule has 0 fully saturated rings. The van der Waals surface area contributed by atoms with Crippen molar-refractivity contribution in [1.29, 1.82) is 0 Å². The molecule has 6 heteroatoms. The number of sulfone groups is 1. The van der Waals surface area contributed by atoms with Crippen LogP contribution < -0.4 is 5.73 Å². The minimum absolute atomic E-state index is 0.0110. The molecule has 0 radical (unpaired) electrons. The third-order valence-corrected chi connectivity index (χ3v) is 5.83. The molecule has 0 aliphatic heterocycles. The van der Waals surface area contributed by atoms with E-state index in [1.165, 1.54) is 19.9 Å². The van der Waals surface area contributed by atoms with Gasteiger partial charge in [-0.05, 0) is 31.9 Å². The van der Waals surface area contributed by atoms with Crippen LogP contribution in [0.2, 0.25) is 5.02 Å². The molecule has 0 heterocycles. The molecule has 1 aromatic rings. The van der Waals surface area contributed by atoms with E-state index < -0.39 is 26.4 Å². The van der Waals surface area contributed by atoms with Crippen LogP contribution >= 0.6 is 11.6 Å². The predicted molar refractivity (Wildman–Crippen MR) is 72.0 cm³/mol. The lowest BCUT2D eigenvalue weighted by Gasteiger charge is -2.29. The lowest BCUT2D eigenvalue weighted by atomic mass is 9.96. The van der Waals surface area contributed by atoms with Crippen molar-refractivity contribution >= 4 is 21.4 Å². The zero-order valence-electron chi connectivity index (χ0n) is 10.6. The number of hydrogen-bond donors (Lipinski definition) is 1. The van der Waals surface area contributed by atoms with Gasteiger partial charge in [0, 0.05) is 12.3 Å². The third-order valence-electron chi connectivity index (χ3n) is 3.32. The predicted octanol–water partition coefficient (Wildman–Crippen LogP) is 2.17. The van der Waals surface area contributed by atoms with E-state index in [4.69, 9.17) is 17.3 Å². The summed E-state index contributed by atoms with van der Waals surface area (Å²) >= 11 is 5.67. The van der Waals surface area contributed by atoms with Gasteiger partial charge in [-0.15, -0.1) is 0 Å². The molecule has 1 atom stereocenters. The molecule has 1 aromatic carbocycles. The molecular formula is C12H17ClFNO2S. The number of rotatable bonds is 4. The summed E-state index contributed by atoms with van der Waals surface area (Å²) in [6.45, 7) is 3.07. The summed E-state index contributed by atoms with van der Waals surface area (Å²) in [7, 11) is -3.33. The van der Waals surface area contributed by atoms with Crippen molar-refractivity contribution in [3.05, 3.63) is 34.6 Å². The van der Waals surface area contributed by atoms with Crippen LogP contribution in [0.4, 0.5) is 4.39 Å². The second-order valence-electron chi connectivity index (χ2n) is 4.90. The molecule has 0 aliphatic carbocycles. The van der Waals surface area contributed by atoms with Gasteiger partial charge in [0.05, 0.1) is 9.77 Å². The second kappa shape index (κ2) is 5.15. The van der Waals surface area contributed by atoms with E-state index >= 15 is 0 Å². The fourth-order valence-electron chi connectivity index (χ4n) is 1.46. The molecule has 18 heavy (non-hydrogen) atoms. The van der Waals surface area contributed by atoms with Gasteiger partial charge in [0.25, 0.3) is 0 Å². The van der Waals surface area contributed by atoms with Gasteiger partial charge >= 0.3 is 0 Å². The SMILES string of the molecule is CC(C)(C(N)Cc1cccc(Cl)c1F)S(C)(=O)=O. The van der Waals surface area contributed by atoms with E-state index in [1.807, 2.05) is 0 Å². The first-order valence-electron chi connectivity index (χ1n) is 5.45. The number of hydrogen-bond acceptors (Lipinski definition) is 3. The van der Waals surface area contributed by atoms with Crippen LogP contribution in [0.3, 0.4) is 0 Å². The number of halogens is 2. The normalized spacial score (nSPS) is 14.6. The van der Waals surface area contributed by atoms with Gasteiger partial charge in [0.15, 0.2) is 9.84 Å². The van der Waals surface area contributed by atoms with Crippen LogP contribution in [0, 0.1) is 5.82 Å². The Labute approximate surface area is 112 Å². The maximum Gasteiger partial charge on any atom is 0.154 e. The van der Waals surface area contributed by atoms with E-state index in [2.05, 4.69) is 0 Å². The van der Waals surface area contributed by atoms with Gasteiger partial charge in [-0.3, -0.25) is 0 Å². The van der Waals surface area contributed by atoms with E-state index in [9.17, 15) is 12.8 Å². The molecule has 0 bridgehead atoms. The Balaban J connectivity index is 3.02. The fraction of sp³-hybridized carbons (Fsp3) is 0.500.